The second kappa shape index (κ2) is 8.68. The van der Waals surface area contributed by atoms with Crippen LogP contribution in [0.3, 0.4) is 0 Å². The van der Waals surface area contributed by atoms with E-state index in [9.17, 15) is 23.2 Å². The van der Waals surface area contributed by atoms with Gasteiger partial charge >= 0.3 is 5.97 Å². The molecule has 0 aliphatic rings. The SMILES string of the molecule is O=C(COC(=O)CCC(=O)c1ccccc1)Nc1ccc(F)c(F)c1. The van der Waals surface area contributed by atoms with E-state index in [1.807, 2.05) is 0 Å². The van der Waals surface area contributed by atoms with Crippen molar-refractivity contribution in [3.63, 3.8) is 0 Å². The predicted octanol–water partition coefficient (Wildman–Crippen LogP) is 3.11. The zero-order valence-corrected chi connectivity index (χ0v) is 13.1. The Labute approximate surface area is 142 Å². The topological polar surface area (TPSA) is 72.5 Å². The Balaban J connectivity index is 1.73. The molecule has 2 aromatic rings. The highest BCUT2D eigenvalue weighted by atomic mass is 19.2. The van der Waals surface area contributed by atoms with Crippen molar-refractivity contribution in [2.75, 3.05) is 11.9 Å². The van der Waals surface area contributed by atoms with Gasteiger partial charge in [0.05, 0.1) is 6.42 Å². The second-order valence-corrected chi connectivity index (χ2v) is 5.13. The normalized spacial score (nSPS) is 10.2. The summed E-state index contributed by atoms with van der Waals surface area (Å²) in [5.41, 5.74) is 0.533. The number of anilines is 1. The van der Waals surface area contributed by atoms with Crippen molar-refractivity contribution in [1.82, 2.24) is 0 Å². The van der Waals surface area contributed by atoms with Crippen LogP contribution in [-0.2, 0) is 14.3 Å². The van der Waals surface area contributed by atoms with Gasteiger partial charge in [-0.1, -0.05) is 30.3 Å². The number of amides is 1. The Kier molecular flexibility index (Phi) is 6.33. The first kappa shape index (κ1) is 18.3. The molecule has 1 N–H and O–H groups in total. The van der Waals surface area contributed by atoms with Crippen LogP contribution >= 0.6 is 0 Å². The fourth-order valence-corrected chi connectivity index (χ4v) is 1.97. The number of hydrogen-bond donors (Lipinski definition) is 1. The van der Waals surface area contributed by atoms with Gasteiger partial charge in [-0.15, -0.1) is 0 Å². The summed E-state index contributed by atoms with van der Waals surface area (Å²) in [6.45, 7) is -0.586. The highest BCUT2D eigenvalue weighted by Gasteiger charge is 2.12. The number of hydrogen-bond acceptors (Lipinski definition) is 4. The lowest BCUT2D eigenvalue weighted by atomic mass is 10.1. The molecular weight excluding hydrogens is 332 g/mol. The minimum atomic E-state index is -1.10. The monoisotopic (exact) mass is 347 g/mol. The fraction of sp³-hybridized carbons (Fsp3) is 0.167. The molecule has 0 saturated heterocycles. The molecule has 5 nitrogen and oxygen atoms in total. The number of carbonyl (C=O) groups excluding carboxylic acids is 3. The summed E-state index contributed by atoms with van der Waals surface area (Å²) in [5.74, 6) is -3.75. The summed E-state index contributed by atoms with van der Waals surface area (Å²) >= 11 is 0. The number of esters is 1. The van der Waals surface area contributed by atoms with Gasteiger partial charge < -0.3 is 10.1 Å². The molecule has 2 aromatic carbocycles. The number of benzene rings is 2. The third kappa shape index (κ3) is 5.80. The summed E-state index contributed by atoms with van der Waals surface area (Å²) in [7, 11) is 0. The molecule has 0 fully saturated rings. The first-order chi connectivity index (χ1) is 12.0. The van der Waals surface area contributed by atoms with Gasteiger partial charge in [-0.25, -0.2) is 8.78 Å². The van der Waals surface area contributed by atoms with Crippen LogP contribution < -0.4 is 5.32 Å². The molecule has 0 atom stereocenters. The minimum absolute atomic E-state index is 0.0341. The molecular formula is C18H15F2NO4. The number of rotatable bonds is 7. The average Bonchev–Trinajstić information content (AvgIpc) is 2.61. The lowest BCUT2D eigenvalue weighted by Crippen LogP contribution is -2.21. The van der Waals surface area contributed by atoms with Crippen LogP contribution in [-0.4, -0.2) is 24.3 Å². The van der Waals surface area contributed by atoms with Crippen LogP contribution in [0, 0.1) is 11.6 Å². The standard InChI is InChI=1S/C18H15F2NO4/c19-14-7-6-13(10-15(14)20)21-17(23)11-25-18(24)9-8-16(22)12-4-2-1-3-5-12/h1-7,10H,8-9,11H2,(H,21,23). The lowest BCUT2D eigenvalue weighted by molar-refractivity contribution is -0.147. The molecule has 25 heavy (non-hydrogen) atoms. The Morgan fingerprint density at radius 1 is 0.920 bits per heavy atom. The third-order valence-electron chi connectivity index (χ3n) is 3.22. The van der Waals surface area contributed by atoms with Crippen LogP contribution in [0.25, 0.3) is 0 Å². The first-order valence-electron chi connectivity index (χ1n) is 7.44. The third-order valence-corrected chi connectivity index (χ3v) is 3.22. The van der Waals surface area contributed by atoms with Gasteiger partial charge in [-0.3, -0.25) is 14.4 Å². The number of nitrogens with one attached hydrogen (secondary N) is 1. The number of Topliss-reactive ketones (excluding diaryl/α,β-unsaturated/α-hetero) is 1. The van der Waals surface area contributed by atoms with E-state index in [0.29, 0.717) is 5.56 Å². The smallest absolute Gasteiger partial charge is 0.306 e. The molecule has 0 spiro atoms. The summed E-state index contributed by atoms with van der Waals surface area (Å²) in [4.78, 5) is 35.0. The minimum Gasteiger partial charge on any atom is -0.456 e. The molecule has 0 radical (unpaired) electrons. The molecule has 0 heterocycles. The van der Waals surface area contributed by atoms with Gasteiger partial charge in [-0.05, 0) is 12.1 Å². The van der Waals surface area contributed by atoms with Gasteiger partial charge in [0.2, 0.25) is 0 Å². The summed E-state index contributed by atoms with van der Waals surface area (Å²) in [6, 6.07) is 11.3. The van der Waals surface area contributed by atoms with Crippen LogP contribution in [0.1, 0.15) is 23.2 Å². The Hall–Kier alpha value is -3.09. The zero-order valence-electron chi connectivity index (χ0n) is 13.1. The van der Waals surface area contributed by atoms with Crippen molar-refractivity contribution >= 4 is 23.3 Å². The number of carbonyl (C=O) groups is 3. The fourth-order valence-electron chi connectivity index (χ4n) is 1.97. The molecule has 0 saturated carbocycles. The van der Waals surface area contributed by atoms with E-state index < -0.39 is 30.1 Å². The van der Waals surface area contributed by atoms with Crippen LogP contribution in [0.15, 0.2) is 48.5 Å². The number of ketones is 1. The first-order valence-corrected chi connectivity index (χ1v) is 7.44. The number of halogens is 2. The van der Waals surface area contributed by atoms with Crippen molar-refractivity contribution in [2.24, 2.45) is 0 Å². The van der Waals surface area contributed by atoms with Crippen LogP contribution in [0.4, 0.5) is 14.5 Å². The van der Waals surface area contributed by atoms with E-state index in [1.54, 1.807) is 30.3 Å². The van der Waals surface area contributed by atoms with Crippen molar-refractivity contribution in [3.05, 3.63) is 65.7 Å². The van der Waals surface area contributed by atoms with Gasteiger partial charge in [0.25, 0.3) is 5.91 Å². The van der Waals surface area contributed by atoms with Gasteiger partial charge in [0, 0.05) is 23.7 Å². The molecule has 0 aliphatic carbocycles. The summed E-state index contributed by atoms with van der Waals surface area (Å²) < 4.78 is 30.5. The molecule has 130 valence electrons. The molecule has 2 rings (SSSR count). The van der Waals surface area contributed by atoms with E-state index >= 15 is 0 Å². The summed E-state index contributed by atoms with van der Waals surface area (Å²) in [5, 5.41) is 2.27. The molecule has 0 bridgehead atoms. The highest BCUT2D eigenvalue weighted by Crippen LogP contribution is 2.13. The van der Waals surface area contributed by atoms with E-state index in [-0.39, 0.29) is 24.3 Å². The van der Waals surface area contributed by atoms with E-state index in [0.717, 1.165) is 12.1 Å². The zero-order chi connectivity index (χ0) is 18.2. The van der Waals surface area contributed by atoms with Gasteiger partial charge in [0.15, 0.2) is 24.0 Å². The Morgan fingerprint density at radius 2 is 1.64 bits per heavy atom. The van der Waals surface area contributed by atoms with Gasteiger partial charge in [-0.2, -0.15) is 0 Å². The van der Waals surface area contributed by atoms with Crippen molar-refractivity contribution in [1.29, 1.82) is 0 Å². The van der Waals surface area contributed by atoms with Crippen molar-refractivity contribution in [3.8, 4) is 0 Å². The maximum Gasteiger partial charge on any atom is 0.306 e. The van der Waals surface area contributed by atoms with E-state index in [4.69, 9.17) is 4.74 Å². The second-order valence-electron chi connectivity index (χ2n) is 5.13. The number of ether oxygens (including phenoxy) is 1. The Morgan fingerprint density at radius 3 is 2.32 bits per heavy atom. The average molecular weight is 347 g/mol. The lowest BCUT2D eigenvalue weighted by Gasteiger charge is -2.07. The summed E-state index contributed by atoms with van der Waals surface area (Å²) in [6.07, 6.45) is -0.195. The van der Waals surface area contributed by atoms with Crippen molar-refractivity contribution in [2.45, 2.75) is 12.8 Å². The Bertz CT molecular complexity index is 778. The molecule has 0 aliphatic heterocycles. The molecule has 7 heteroatoms. The van der Waals surface area contributed by atoms with E-state index in [1.165, 1.54) is 6.07 Å². The van der Waals surface area contributed by atoms with Crippen LogP contribution in [0.2, 0.25) is 0 Å². The van der Waals surface area contributed by atoms with E-state index in [2.05, 4.69) is 5.32 Å². The largest absolute Gasteiger partial charge is 0.456 e. The van der Waals surface area contributed by atoms with Gasteiger partial charge in [0.1, 0.15) is 0 Å². The molecule has 0 aromatic heterocycles. The van der Waals surface area contributed by atoms with Crippen molar-refractivity contribution < 1.29 is 27.9 Å². The maximum absolute atomic E-state index is 13.0. The molecule has 1 amide bonds. The quantitative estimate of drug-likeness (QED) is 0.617. The van der Waals surface area contributed by atoms with Crippen LogP contribution in [0.5, 0.6) is 0 Å². The predicted molar refractivity (Wildman–Crippen MR) is 86.0 cm³/mol. The molecule has 0 unspecified atom stereocenters. The highest BCUT2D eigenvalue weighted by molar-refractivity contribution is 5.97. The maximum atomic E-state index is 13.0.